The second kappa shape index (κ2) is 10.4. The molecule has 1 aliphatic carbocycles. The minimum Gasteiger partial charge on any atom is -0.495 e. The molecule has 1 aromatic rings. The molecule has 4 rings (SSSR count). The Labute approximate surface area is 195 Å². The van der Waals surface area contributed by atoms with Crippen molar-refractivity contribution in [3.8, 4) is 0 Å². The zero-order chi connectivity index (χ0) is 23.4. The van der Waals surface area contributed by atoms with Gasteiger partial charge in [-0.25, -0.2) is 4.99 Å². The van der Waals surface area contributed by atoms with Crippen LogP contribution in [0.25, 0.3) is 0 Å². The van der Waals surface area contributed by atoms with Gasteiger partial charge < -0.3 is 20.9 Å². The van der Waals surface area contributed by atoms with E-state index in [1.54, 1.807) is 12.1 Å². The summed E-state index contributed by atoms with van der Waals surface area (Å²) in [4.78, 5) is 4.36. The number of aliphatic imine (C=N–C) groups is 1. The maximum absolute atomic E-state index is 12.3. The Balaban J connectivity index is 1.23. The summed E-state index contributed by atoms with van der Waals surface area (Å²) in [7, 11) is -3.91. The van der Waals surface area contributed by atoms with E-state index in [0.717, 1.165) is 49.8 Å². The quantitative estimate of drug-likeness (QED) is 0.494. The summed E-state index contributed by atoms with van der Waals surface area (Å²) in [5, 5.41) is 14.0. The van der Waals surface area contributed by atoms with E-state index in [2.05, 4.69) is 16.4 Å². The van der Waals surface area contributed by atoms with Gasteiger partial charge in [-0.15, -0.1) is 0 Å². The zero-order valence-corrected chi connectivity index (χ0v) is 19.8. The Morgan fingerprint density at radius 1 is 1.21 bits per heavy atom. The number of nitrogens with two attached hydrogens (primary N) is 1. The van der Waals surface area contributed by atoms with Crippen molar-refractivity contribution >= 4 is 16.0 Å². The number of rotatable bonds is 8. The molecule has 8 nitrogen and oxygen atoms in total. The van der Waals surface area contributed by atoms with Crippen LogP contribution in [0.4, 0.5) is 0 Å². The lowest BCUT2D eigenvalue weighted by Gasteiger charge is -2.41. The molecule has 0 spiro atoms. The highest BCUT2D eigenvalue weighted by Crippen LogP contribution is 2.35. The van der Waals surface area contributed by atoms with Crippen LogP contribution in [-0.2, 0) is 19.0 Å². The number of allylic oxidation sites excluding steroid dienone is 1. The molecule has 3 aliphatic rings. The van der Waals surface area contributed by atoms with Crippen molar-refractivity contribution in [3.63, 3.8) is 0 Å². The number of benzene rings is 1. The summed E-state index contributed by atoms with van der Waals surface area (Å²) >= 11 is 0. The number of hydrogen-bond donors (Lipinski definition) is 3. The molecule has 0 radical (unpaired) electrons. The van der Waals surface area contributed by atoms with Crippen molar-refractivity contribution < 1.29 is 22.4 Å². The van der Waals surface area contributed by atoms with Gasteiger partial charge in [0.2, 0.25) is 0 Å². The van der Waals surface area contributed by atoms with Crippen molar-refractivity contribution in [1.29, 1.82) is 0 Å². The molecule has 1 fully saturated rings. The molecule has 180 valence electrons. The molecule has 9 heteroatoms. The lowest BCUT2D eigenvalue weighted by molar-refractivity contribution is 0.0313. The van der Waals surface area contributed by atoms with Gasteiger partial charge in [0.25, 0.3) is 10.1 Å². The lowest BCUT2D eigenvalue weighted by Crippen LogP contribution is -2.49. The molecule has 0 aromatic heterocycles. The fraction of sp³-hybridized carbons (Fsp3) is 0.542. The first-order chi connectivity index (χ1) is 15.8. The number of ether oxygens (including phenoxy) is 1. The predicted octanol–water partition coefficient (Wildman–Crippen LogP) is 2.53. The Bertz CT molecular complexity index is 1030. The highest BCUT2D eigenvalue weighted by molar-refractivity contribution is 7.86. The van der Waals surface area contributed by atoms with Crippen LogP contribution in [-0.4, -0.2) is 50.8 Å². The third-order valence-electron chi connectivity index (χ3n) is 6.57. The molecule has 33 heavy (non-hydrogen) atoms. The molecule has 2 aliphatic heterocycles. The second-order valence-corrected chi connectivity index (χ2v) is 10.7. The average Bonchev–Trinajstić information content (AvgIpc) is 2.82. The second-order valence-electron chi connectivity index (χ2n) is 9.11. The molecule has 4 N–H and O–H groups in total. The highest BCUT2D eigenvalue weighted by Gasteiger charge is 2.34. The number of aliphatic hydroxyl groups is 1. The van der Waals surface area contributed by atoms with Gasteiger partial charge >= 0.3 is 0 Å². The fourth-order valence-corrected chi connectivity index (χ4v) is 5.54. The maximum atomic E-state index is 12.3. The zero-order valence-electron chi connectivity index (χ0n) is 18.9. The first-order valence-corrected chi connectivity index (χ1v) is 12.9. The Hall–Kier alpha value is -2.20. The van der Waals surface area contributed by atoms with Crippen LogP contribution < -0.4 is 11.1 Å². The number of aliphatic hydroxyl groups excluding tert-OH is 1. The minimum atomic E-state index is -3.91. The van der Waals surface area contributed by atoms with E-state index in [9.17, 15) is 13.5 Å². The van der Waals surface area contributed by atoms with Crippen LogP contribution in [0.15, 0.2) is 57.8 Å². The van der Waals surface area contributed by atoms with Crippen LogP contribution in [0, 0.1) is 12.8 Å². The SMILES string of the molecule is Cc1ccc(S(=O)(=O)OCC(O)COC2=CC[C@@H]3N[C@H](C4=CN=C(N)CC4)CC[C@@H]3C2)cc1. The summed E-state index contributed by atoms with van der Waals surface area (Å²) < 4.78 is 35.3. The Morgan fingerprint density at radius 3 is 2.73 bits per heavy atom. The van der Waals surface area contributed by atoms with Gasteiger partial charge in [0.05, 0.1) is 23.1 Å². The van der Waals surface area contributed by atoms with E-state index >= 15 is 0 Å². The predicted molar refractivity (Wildman–Crippen MR) is 126 cm³/mol. The number of fused-ring (bicyclic) bond motifs is 1. The van der Waals surface area contributed by atoms with Crippen molar-refractivity contribution in [1.82, 2.24) is 5.32 Å². The molecule has 1 unspecified atom stereocenters. The van der Waals surface area contributed by atoms with Crippen LogP contribution in [0.5, 0.6) is 0 Å². The van der Waals surface area contributed by atoms with Crippen LogP contribution in [0.3, 0.4) is 0 Å². The Morgan fingerprint density at radius 2 is 2.00 bits per heavy atom. The lowest BCUT2D eigenvalue weighted by atomic mass is 9.78. The molecule has 0 saturated carbocycles. The van der Waals surface area contributed by atoms with E-state index in [1.165, 1.54) is 17.7 Å². The monoisotopic (exact) mass is 475 g/mol. The van der Waals surface area contributed by atoms with Gasteiger partial charge in [0.15, 0.2) is 0 Å². The van der Waals surface area contributed by atoms with Gasteiger partial charge in [-0.3, -0.25) is 4.18 Å². The van der Waals surface area contributed by atoms with E-state index in [-0.39, 0.29) is 18.1 Å². The highest BCUT2D eigenvalue weighted by atomic mass is 32.2. The van der Waals surface area contributed by atoms with Crippen molar-refractivity contribution in [3.05, 3.63) is 53.4 Å². The van der Waals surface area contributed by atoms with Crippen LogP contribution in [0.2, 0.25) is 0 Å². The third-order valence-corrected chi connectivity index (χ3v) is 7.87. The molecule has 4 atom stereocenters. The standard InChI is InChI=1S/C24H33N3O5S/c1-16-2-7-21(8-3-16)33(29,30)32-15-19(28)14-31-20-6-10-22-17(12-20)4-9-23(27-22)18-5-11-24(25)26-13-18/h2-3,6-8,13,17,19,22-23,27-28H,4-5,9-12,14-15H2,1H3,(H2,25,26)/t17-,19?,22+,23+/m1/s1. The van der Waals surface area contributed by atoms with Crippen LogP contribution >= 0.6 is 0 Å². The van der Waals surface area contributed by atoms with Crippen molar-refractivity contribution in [2.24, 2.45) is 16.6 Å². The largest absolute Gasteiger partial charge is 0.495 e. The number of nitrogens with one attached hydrogen (secondary N) is 1. The van der Waals surface area contributed by atoms with Gasteiger partial charge in [0, 0.05) is 31.1 Å². The van der Waals surface area contributed by atoms with Crippen molar-refractivity contribution in [2.45, 2.75) is 68.5 Å². The fourth-order valence-electron chi connectivity index (χ4n) is 4.60. The number of aryl methyl sites for hydroxylation is 1. The number of hydrogen-bond acceptors (Lipinski definition) is 8. The normalized spacial score (nSPS) is 26.5. The van der Waals surface area contributed by atoms with Gasteiger partial charge in [0.1, 0.15) is 12.7 Å². The van der Waals surface area contributed by atoms with Gasteiger partial charge in [-0.05, 0) is 62.3 Å². The van der Waals surface area contributed by atoms with Crippen LogP contribution in [0.1, 0.15) is 44.1 Å². The molecular weight excluding hydrogens is 442 g/mol. The van der Waals surface area contributed by atoms with E-state index in [4.69, 9.17) is 14.7 Å². The summed E-state index contributed by atoms with van der Waals surface area (Å²) in [6.07, 6.45) is 8.58. The summed E-state index contributed by atoms with van der Waals surface area (Å²) in [5.41, 5.74) is 8.07. The average molecular weight is 476 g/mol. The summed E-state index contributed by atoms with van der Waals surface area (Å²) in [6, 6.07) is 7.15. The number of amidine groups is 1. The smallest absolute Gasteiger partial charge is 0.297 e. The molecule has 1 aromatic carbocycles. The molecular formula is C24H33N3O5S. The topological polar surface area (TPSA) is 123 Å². The van der Waals surface area contributed by atoms with Gasteiger partial charge in [-0.2, -0.15) is 8.42 Å². The molecule has 2 heterocycles. The van der Waals surface area contributed by atoms with E-state index in [0.29, 0.717) is 23.8 Å². The van der Waals surface area contributed by atoms with E-state index < -0.39 is 16.2 Å². The number of nitrogens with zero attached hydrogens (tertiary/aromatic N) is 1. The van der Waals surface area contributed by atoms with E-state index in [1.807, 2.05) is 13.1 Å². The maximum Gasteiger partial charge on any atom is 0.297 e. The summed E-state index contributed by atoms with van der Waals surface area (Å²) in [6.45, 7) is 1.53. The minimum absolute atomic E-state index is 0.00496. The Kier molecular flexibility index (Phi) is 7.53. The third kappa shape index (κ3) is 6.23. The molecule has 1 saturated heterocycles. The number of piperidine rings is 1. The first-order valence-electron chi connectivity index (χ1n) is 11.5. The first kappa shape index (κ1) is 23.9. The summed E-state index contributed by atoms with van der Waals surface area (Å²) in [5.74, 6) is 2.04. The molecule has 0 bridgehead atoms. The van der Waals surface area contributed by atoms with Gasteiger partial charge in [-0.1, -0.05) is 17.7 Å². The molecule has 0 amide bonds. The van der Waals surface area contributed by atoms with Crippen molar-refractivity contribution in [2.75, 3.05) is 13.2 Å².